The van der Waals surface area contributed by atoms with Crippen molar-refractivity contribution >= 4 is 37.0 Å². The molecule has 0 amide bonds. The van der Waals surface area contributed by atoms with Crippen LogP contribution in [0.4, 0.5) is 4.39 Å². The van der Waals surface area contributed by atoms with E-state index < -0.39 is 15.8 Å². The molecule has 3 aromatic rings. The van der Waals surface area contributed by atoms with Crippen molar-refractivity contribution in [3.05, 3.63) is 40.2 Å². The maximum Gasteiger partial charge on any atom is 0.223 e. The highest BCUT2D eigenvalue weighted by Crippen LogP contribution is 2.38. The van der Waals surface area contributed by atoms with Gasteiger partial charge in [-0.15, -0.1) is 5.10 Å². The summed E-state index contributed by atoms with van der Waals surface area (Å²) in [4.78, 5) is 6.37. The van der Waals surface area contributed by atoms with Gasteiger partial charge in [0.05, 0.1) is 22.4 Å². The van der Waals surface area contributed by atoms with Crippen LogP contribution in [0.25, 0.3) is 11.0 Å². The Labute approximate surface area is 211 Å². The summed E-state index contributed by atoms with van der Waals surface area (Å²) in [7, 11) is -3.24. The number of likely N-dealkylation sites (tertiary alicyclic amines) is 1. The molecule has 2 aromatic heterocycles. The van der Waals surface area contributed by atoms with Gasteiger partial charge in [0.2, 0.25) is 15.9 Å². The lowest BCUT2D eigenvalue weighted by Crippen LogP contribution is -2.38. The summed E-state index contributed by atoms with van der Waals surface area (Å²) in [5.74, 6) is 1.36. The van der Waals surface area contributed by atoms with E-state index in [0.29, 0.717) is 52.7 Å². The van der Waals surface area contributed by atoms with Crippen LogP contribution < -0.4 is 4.74 Å². The van der Waals surface area contributed by atoms with Gasteiger partial charge in [0.25, 0.3) is 0 Å². The Morgan fingerprint density at radius 1 is 1.23 bits per heavy atom. The van der Waals surface area contributed by atoms with Gasteiger partial charge in [-0.2, -0.15) is 4.31 Å². The predicted octanol–water partition coefficient (Wildman–Crippen LogP) is 3.40. The first-order chi connectivity index (χ1) is 16.8. The molecule has 0 bridgehead atoms. The third-order valence-corrected chi connectivity index (χ3v) is 9.28. The zero-order valence-corrected chi connectivity index (χ0v) is 21.7. The number of aromatic nitrogens is 4. The minimum atomic E-state index is -3.24. The van der Waals surface area contributed by atoms with Crippen LogP contribution in [0.1, 0.15) is 24.8 Å². The molecule has 1 aromatic carbocycles. The molecule has 4 heterocycles. The van der Waals surface area contributed by atoms with Crippen LogP contribution in [-0.4, -0.2) is 69.5 Å². The summed E-state index contributed by atoms with van der Waals surface area (Å²) in [5, 5.41) is 8.62. The normalized spacial score (nSPS) is 23.3. The molecule has 3 aliphatic rings. The minimum Gasteiger partial charge on any atom is -0.437 e. The Hall–Kier alpha value is -2.15. The molecule has 186 valence electrons. The molecular formula is C23H26BrFN6O3S. The van der Waals surface area contributed by atoms with Crippen molar-refractivity contribution in [2.75, 3.05) is 25.9 Å². The van der Waals surface area contributed by atoms with Gasteiger partial charge in [-0.3, -0.25) is 4.90 Å². The van der Waals surface area contributed by atoms with Crippen molar-refractivity contribution in [3.8, 4) is 11.6 Å². The summed E-state index contributed by atoms with van der Waals surface area (Å²) in [6.45, 7) is 3.21. The van der Waals surface area contributed by atoms with Crippen LogP contribution >= 0.6 is 15.9 Å². The molecule has 2 atom stereocenters. The summed E-state index contributed by atoms with van der Waals surface area (Å²) in [6.07, 6.45) is 5.70. The maximum atomic E-state index is 14.2. The second-order valence-corrected chi connectivity index (χ2v) is 12.6. The molecule has 9 nitrogen and oxygen atoms in total. The first kappa shape index (κ1) is 23.3. The van der Waals surface area contributed by atoms with Gasteiger partial charge < -0.3 is 4.74 Å². The Kier molecular flexibility index (Phi) is 5.82. The smallest absolute Gasteiger partial charge is 0.223 e. The predicted molar refractivity (Wildman–Crippen MR) is 131 cm³/mol. The number of nitrogens with zero attached hydrogens (tertiary/aromatic N) is 6. The first-order valence-electron chi connectivity index (χ1n) is 11.8. The van der Waals surface area contributed by atoms with Crippen molar-refractivity contribution in [2.45, 2.75) is 38.4 Å². The van der Waals surface area contributed by atoms with Crippen molar-refractivity contribution in [2.24, 2.45) is 11.8 Å². The first-order valence-corrected chi connectivity index (χ1v) is 14.4. The number of pyridine rings is 1. The highest BCUT2D eigenvalue weighted by Gasteiger charge is 2.44. The number of benzene rings is 1. The third-order valence-electron chi connectivity index (χ3n) is 7.21. The SMILES string of the molecule is CS(=O)(=O)N1CCC2CN(Cc3cc(F)cnc3Oc3ccc4c(nnn4CC4CC4)c3Br)CC21. The standard InChI is InChI=1S/C23H26BrFN6O3S/c1-35(32,33)31-7-6-15-11-29(13-19(15)31)12-16-8-17(25)9-26-23(16)34-20-5-4-18-22(21(20)24)27-28-30(18)10-14-2-3-14/h4-5,8-9,14-15,19H,2-3,6-7,10-13H2,1H3. The number of ether oxygens (including phenoxy) is 1. The molecule has 0 N–H and O–H groups in total. The molecule has 3 fully saturated rings. The Bertz CT molecular complexity index is 1400. The van der Waals surface area contributed by atoms with E-state index in [9.17, 15) is 12.8 Å². The lowest BCUT2D eigenvalue weighted by atomic mass is 10.1. The van der Waals surface area contributed by atoms with E-state index in [1.165, 1.54) is 25.2 Å². The lowest BCUT2D eigenvalue weighted by Gasteiger charge is -2.23. The van der Waals surface area contributed by atoms with Crippen LogP contribution in [0.15, 0.2) is 28.9 Å². The monoisotopic (exact) mass is 564 g/mol. The average molecular weight is 565 g/mol. The quantitative estimate of drug-likeness (QED) is 0.434. The number of sulfonamides is 1. The number of halogens is 2. The van der Waals surface area contributed by atoms with Gasteiger partial charge >= 0.3 is 0 Å². The minimum absolute atomic E-state index is 0.0364. The van der Waals surface area contributed by atoms with E-state index in [-0.39, 0.29) is 12.0 Å². The molecule has 6 rings (SSSR count). The maximum absolute atomic E-state index is 14.2. The van der Waals surface area contributed by atoms with E-state index in [1.807, 2.05) is 16.8 Å². The van der Waals surface area contributed by atoms with E-state index in [4.69, 9.17) is 4.74 Å². The highest BCUT2D eigenvalue weighted by atomic mass is 79.9. The number of hydrogen-bond donors (Lipinski definition) is 0. The van der Waals surface area contributed by atoms with Crippen molar-refractivity contribution in [3.63, 3.8) is 0 Å². The van der Waals surface area contributed by atoms with Gasteiger partial charge in [0.1, 0.15) is 17.1 Å². The summed E-state index contributed by atoms with van der Waals surface area (Å²) >= 11 is 3.60. The fourth-order valence-electron chi connectivity index (χ4n) is 5.31. The zero-order valence-electron chi connectivity index (χ0n) is 19.3. The number of fused-ring (bicyclic) bond motifs is 2. The highest BCUT2D eigenvalue weighted by molar-refractivity contribution is 9.10. The Morgan fingerprint density at radius 2 is 2.06 bits per heavy atom. The largest absolute Gasteiger partial charge is 0.437 e. The molecule has 35 heavy (non-hydrogen) atoms. The van der Waals surface area contributed by atoms with Crippen LogP contribution in [0.3, 0.4) is 0 Å². The van der Waals surface area contributed by atoms with Gasteiger partial charge in [0, 0.05) is 44.3 Å². The number of rotatable bonds is 7. The fraction of sp³-hybridized carbons (Fsp3) is 0.522. The van der Waals surface area contributed by atoms with Gasteiger partial charge in [0.15, 0.2) is 0 Å². The second-order valence-electron chi connectivity index (χ2n) is 9.86. The van der Waals surface area contributed by atoms with E-state index in [1.54, 1.807) is 4.31 Å². The fourth-order valence-corrected chi connectivity index (χ4v) is 6.98. The number of hydrogen-bond acceptors (Lipinski definition) is 7. The Morgan fingerprint density at radius 3 is 2.83 bits per heavy atom. The molecule has 2 saturated heterocycles. The van der Waals surface area contributed by atoms with Crippen molar-refractivity contribution < 1.29 is 17.5 Å². The molecule has 0 spiro atoms. The van der Waals surface area contributed by atoms with Gasteiger partial charge in [-0.25, -0.2) is 22.5 Å². The topological polar surface area (TPSA) is 93.5 Å². The average Bonchev–Trinajstić information content (AvgIpc) is 3.18. The Balaban J connectivity index is 1.23. The van der Waals surface area contributed by atoms with Crippen molar-refractivity contribution in [1.82, 2.24) is 29.2 Å². The summed E-state index contributed by atoms with van der Waals surface area (Å²) < 4.78 is 48.8. The molecule has 2 unspecified atom stereocenters. The van der Waals surface area contributed by atoms with E-state index in [2.05, 4.69) is 36.1 Å². The molecule has 2 aliphatic heterocycles. The van der Waals surface area contributed by atoms with E-state index in [0.717, 1.165) is 31.2 Å². The van der Waals surface area contributed by atoms with Crippen LogP contribution in [0.5, 0.6) is 11.6 Å². The molecule has 0 radical (unpaired) electrons. The summed E-state index contributed by atoms with van der Waals surface area (Å²) in [5.41, 5.74) is 2.25. The van der Waals surface area contributed by atoms with Crippen LogP contribution in [0.2, 0.25) is 0 Å². The third kappa shape index (κ3) is 4.56. The van der Waals surface area contributed by atoms with Crippen LogP contribution in [0, 0.1) is 17.7 Å². The van der Waals surface area contributed by atoms with E-state index >= 15 is 0 Å². The molecule has 1 saturated carbocycles. The lowest BCUT2D eigenvalue weighted by molar-refractivity contribution is 0.282. The summed E-state index contributed by atoms with van der Waals surface area (Å²) in [6, 6.07) is 5.18. The molecular weight excluding hydrogens is 539 g/mol. The molecule has 12 heteroatoms. The second kappa shape index (κ2) is 8.75. The zero-order chi connectivity index (χ0) is 24.3. The van der Waals surface area contributed by atoms with Crippen LogP contribution in [-0.2, 0) is 23.1 Å². The molecule has 1 aliphatic carbocycles. The van der Waals surface area contributed by atoms with Gasteiger partial charge in [-0.05, 0) is 65.2 Å². The van der Waals surface area contributed by atoms with Crippen molar-refractivity contribution in [1.29, 1.82) is 0 Å². The van der Waals surface area contributed by atoms with Gasteiger partial charge in [-0.1, -0.05) is 5.21 Å².